The van der Waals surface area contributed by atoms with Crippen LogP contribution < -0.4 is 5.32 Å². The molecule has 0 atom stereocenters. The molecule has 0 saturated carbocycles. The van der Waals surface area contributed by atoms with Crippen molar-refractivity contribution in [3.05, 3.63) is 35.4 Å². The van der Waals surface area contributed by atoms with E-state index in [1.807, 2.05) is 0 Å². The van der Waals surface area contributed by atoms with Gasteiger partial charge in [-0.3, -0.25) is 4.79 Å². The van der Waals surface area contributed by atoms with Gasteiger partial charge in [0.25, 0.3) is 0 Å². The van der Waals surface area contributed by atoms with Crippen LogP contribution in [-0.2, 0) is 11.2 Å². The summed E-state index contributed by atoms with van der Waals surface area (Å²) in [5.41, 5.74) is -0.305. The minimum absolute atomic E-state index is 0.306. The summed E-state index contributed by atoms with van der Waals surface area (Å²) in [4.78, 5) is 10.8. The van der Waals surface area contributed by atoms with E-state index in [-0.39, 0.29) is 0 Å². The van der Waals surface area contributed by atoms with E-state index >= 15 is 0 Å². The highest BCUT2D eigenvalue weighted by Gasteiger charge is 2.26. The second kappa shape index (κ2) is 5.91. The maximum atomic E-state index is 12.9. The van der Waals surface area contributed by atoms with Crippen LogP contribution in [0.25, 0.3) is 0 Å². The van der Waals surface area contributed by atoms with Gasteiger partial charge in [0.2, 0.25) is 0 Å². The number of carboxylic acids is 1. The minimum Gasteiger partial charge on any atom is -0.481 e. The Labute approximate surface area is 105 Å². The molecule has 1 aromatic rings. The number of nitrogens with one attached hydrogen (secondary N) is 1. The molecule has 0 aliphatic carbocycles. The van der Waals surface area contributed by atoms with Gasteiger partial charge in [0.15, 0.2) is 0 Å². The lowest BCUT2D eigenvalue weighted by molar-refractivity contribution is -0.146. The van der Waals surface area contributed by atoms with Crippen molar-refractivity contribution in [3.63, 3.8) is 0 Å². The van der Waals surface area contributed by atoms with Crippen LogP contribution in [0.5, 0.6) is 0 Å². The molecule has 3 nitrogen and oxygen atoms in total. The first-order valence-electron chi connectivity index (χ1n) is 5.70. The predicted molar refractivity (Wildman–Crippen MR) is 64.3 cm³/mol. The Kier molecular flexibility index (Phi) is 4.78. The Morgan fingerprint density at radius 3 is 2.33 bits per heavy atom. The van der Waals surface area contributed by atoms with E-state index in [1.54, 1.807) is 13.8 Å². The number of carboxylic acid groups (broad SMARTS) is 1. The third kappa shape index (κ3) is 4.41. The van der Waals surface area contributed by atoms with Crippen LogP contribution in [0.3, 0.4) is 0 Å². The summed E-state index contributed by atoms with van der Waals surface area (Å²) in [5, 5.41) is 11.9. The van der Waals surface area contributed by atoms with Gasteiger partial charge in [-0.2, -0.15) is 0 Å². The highest BCUT2D eigenvalue weighted by molar-refractivity contribution is 5.73. The first-order chi connectivity index (χ1) is 8.31. The minimum atomic E-state index is -0.883. The molecule has 0 aliphatic rings. The molecule has 0 amide bonds. The average Bonchev–Trinajstić information content (AvgIpc) is 2.23. The van der Waals surface area contributed by atoms with Crippen LogP contribution in [-0.4, -0.2) is 24.2 Å². The fourth-order valence-corrected chi connectivity index (χ4v) is 1.46. The van der Waals surface area contributed by atoms with Crippen molar-refractivity contribution in [2.24, 2.45) is 5.41 Å². The predicted octanol–water partition coefficient (Wildman–Crippen LogP) is 2.21. The van der Waals surface area contributed by atoms with Crippen LogP contribution in [0.15, 0.2) is 18.2 Å². The summed E-state index contributed by atoms with van der Waals surface area (Å²) in [6.45, 7) is 4.01. The molecule has 0 heterocycles. The number of benzene rings is 1. The van der Waals surface area contributed by atoms with Crippen molar-refractivity contribution in [2.45, 2.75) is 20.3 Å². The van der Waals surface area contributed by atoms with E-state index in [2.05, 4.69) is 5.32 Å². The number of hydrogen-bond donors (Lipinski definition) is 2. The largest absolute Gasteiger partial charge is 0.481 e. The number of carbonyl (C=O) groups is 1. The molecule has 0 bridgehead atoms. The molecule has 0 radical (unpaired) electrons. The molecule has 1 aromatic carbocycles. The lowest BCUT2D eigenvalue weighted by Gasteiger charge is -2.19. The van der Waals surface area contributed by atoms with Crippen LogP contribution in [0, 0.1) is 17.0 Å². The summed E-state index contributed by atoms with van der Waals surface area (Å²) in [6.07, 6.45) is 0.449. The molecule has 1 rings (SSSR count). The maximum absolute atomic E-state index is 12.9. The fourth-order valence-electron chi connectivity index (χ4n) is 1.46. The van der Waals surface area contributed by atoms with Crippen molar-refractivity contribution in [2.75, 3.05) is 13.1 Å². The molecule has 0 fully saturated rings. The number of aliphatic carboxylic acids is 1. The van der Waals surface area contributed by atoms with Crippen molar-refractivity contribution in [3.8, 4) is 0 Å². The highest BCUT2D eigenvalue weighted by Crippen LogP contribution is 2.13. The Balaban J connectivity index is 2.40. The molecule has 18 heavy (non-hydrogen) atoms. The molecule has 5 heteroatoms. The lowest BCUT2D eigenvalue weighted by atomic mass is 9.94. The van der Waals surface area contributed by atoms with Crippen molar-refractivity contribution < 1.29 is 18.7 Å². The SMILES string of the molecule is CC(C)(CNCCc1cc(F)cc(F)c1)C(=O)O. The molecule has 0 spiro atoms. The van der Waals surface area contributed by atoms with Crippen molar-refractivity contribution in [1.82, 2.24) is 5.32 Å². The molecule has 100 valence electrons. The smallest absolute Gasteiger partial charge is 0.310 e. The van der Waals surface area contributed by atoms with Gasteiger partial charge >= 0.3 is 5.97 Å². The quantitative estimate of drug-likeness (QED) is 0.768. The third-order valence-electron chi connectivity index (χ3n) is 2.66. The summed E-state index contributed by atoms with van der Waals surface area (Å²) in [7, 11) is 0. The zero-order valence-electron chi connectivity index (χ0n) is 10.5. The van der Waals surface area contributed by atoms with Gasteiger partial charge < -0.3 is 10.4 Å². The van der Waals surface area contributed by atoms with Gasteiger partial charge in [-0.25, -0.2) is 8.78 Å². The zero-order valence-corrected chi connectivity index (χ0v) is 10.5. The van der Waals surface area contributed by atoms with E-state index in [1.165, 1.54) is 12.1 Å². The summed E-state index contributed by atoms with van der Waals surface area (Å²) >= 11 is 0. The topological polar surface area (TPSA) is 49.3 Å². The van der Waals surface area contributed by atoms with Gasteiger partial charge in [-0.1, -0.05) is 0 Å². The molecule has 0 saturated heterocycles. The Morgan fingerprint density at radius 2 is 1.83 bits per heavy atom. The fraction of sp³-hybridized carbons (Fsp3) is 0.462. The number of hydrogen-bond acceptors (Lipinski definition) is 2. The van der Waals surface area contributed by atoms with Crippen molar-refractivity contribution >= 4 is 5.97 Å². The molecule has 0 aliphatic heterocycles. The maximum Gasteiger partial charge on any atom is 0.310 e. The van der Waals surface area contributed by atoms with E-state index in [0.717, 1.165) is 6.07 Å². The van der Waals surface area contributed by atoms with Gasteiger partial charge in [0.05, 0.1) is 5.41 Å². The van der Waals surface area contributed by atoms with Crippen LogP contribution in [0.4, 0.5) is 8.78 Å². The first-order valence-corrected chi connectivity index (χ1v) is 5.70. The zero-order chi connectivity index (χ0) is 13.8. The van der Waals surface area contributed by atoms with E-state index in [9.17, 15) is 13.6 Å². The second-order valence-corrected chi connectivity index (χ2v) is 4.89. The van der Waals surface area contributed by atoms with E-state index in [4.69, 9.17) is 5.11 Å². The summed E-state index contributed by atoms with van der Waals surface area (Å²) < 4.78 is 25.8. The third-order valence-corrected chi connectivity index (χ3v) is 2.66. The highest BCUT2D eigenvalue weighted by atomic mass is 19.1. The lowest BCUT2D eigenvalue weighted by Crippen LogP contribution is -2.36. The van der Waals surface area contributed by atoms with Gasteiger partial charge in [-0.05, 0) is 44.5 Å². The summed E-state index contributed by atoms with van der Waals surface area (Å²) in [5.74, 6) is -2.08. The van der Waals surface area contributed by atoms with Gasteiger partial charge in [0.1, 0.15) is 11.6 Å². The van der Waals surface area contributed by atoms with E-state index < -0.39 is 23.0 Å². The molecule has 2 N–H and O–H groups in total. The average molecular weight is 257 g/mol. The molecule has 0 unspecified atom stereocenters. The van der Waals surface area contributed by atoms with Crippen molar-refractivity contribution in [1.29, 1.82) is 0 Å². The molecule has 0 aromatic heterocycles. The Bertz CT molecular complexity index is 413. The van der Waals surface area contributed by atoms with E-state index in [0.29, 0.717) is 25.1 Å². The summed E-state index contributed by atoms with van der Waals surface area (Å²) in [6, 6.07) is 3.37. The normalized spacial score (nSPS) is 11.6. The number of rotatable bonds is 6. The number of halogens is 2. The molecular weight excluding hydrogens is 240 g/mol. The van der Waals surface area contributed by atoms with Crippen LogP contribution in [0.1, 0.15) is 19.4 Å². The molecular formula is C13H17F2NO2. The Morgan fingerprint density at radius 1 is 1.28 bits per heavy atom. The first kappa shape index (κ1) is 14.6. The van der Waals surface area contributed by atoms with Crippen LogP contribution >= 0.6 is 0 Å². The Hall–Kier alpha value is -1.49. The monoisotopic (exact) mass is 257 g/mol. The van der Waals surface area contributed by atoms with Crippen LogP contribution in [0.2, 0.25) is 0 Å². The second-order valence-electron chi connectivity index (χ2n) is 4.89. The van der Waals surface area contributed by atoms with Gasteiger partial charge in [0, 0.05) is 12.6 Å². The van der Waals surface area contributed by atoms with Gasteiger partial charge in [-0.15, -0.1) is 0 Å². The standard InChI is InChI=1S/C13H17F2NO2/c1-13(2,12(17)18)8-16-4-3-9-5-10(14)7-11(15)6-9/h5-7,16H,3-4,8H2,1-2H3,(H,17,18).